The van der Waals surface area contributed by atoms with E-state index >= 15 is 0 Å². The Bertz CT molecular complexity index is 800. The molecule has 6 nitrogen and oxygen atoms in total. The maximum absolute atomic E-state index is 11.6. The molecule has 1 aliphatic rings. The van der Waals surface area contributed by atoms with Crippen molar-refractivity contribution in [1.29, 1.82) is 0 Å². The Hall–Kier alpha value is -1.60. The van der Waals surface area contributed by atoms with Crippen LogP contribution in [0, 0.1) is 12.8 Å². The number of nitrogens with one attached hydrogen (secondary N) is 1. The lowest BCUT2D eigenvalue weighted by Crippen LogP contribution is -2.39. The summed E-state index contributed by atoms with van der Waals surface area (Å²) in [5, 5.41) is 0. The highest BCUT2D eigenvalue weighted by molar-refractivity contribution is 7.88. The van der Waals surface area contributed by atoms with Gasteiger partial charge in [-0.25, -0.2) is 13.1 Å². The molecule has 1 aromatic heterocycles. The molecule has 0 spiro atoms. The largest absolute Gasteiger partial charge is 0.423 e. The quantitative estimate of drug-likeness (QED) is 0.906. The van der Waals surface area contributed by atoms with Gasteiger partial charge in [0.1, 0.15) is 5.52 Å². The molecule has 2 aromatic rings. The van der Waals surface area contributed by atoms with Crippen LogP contribution in [0.5, 0.6) is 0 Å². The van der Waals surface area contributed by atoms with Crippen molar-refractivity contribution >= 4 is 27.1 Å². The number of rotatable bonds is 5. The van der Waals surface area contributed by atoms with Gasteiger partial charge in [0.15, 0.2) is 5.58 Å². The number of hydrogen-bond donors (Lipinski definition) is 1. The highest BCUT2D eigenvalue weighted by Crippen LogP contribution is 2.29. The first-order valence-corrected chi connectivity index (χ1v) is 9.84. The van der Waals surface area contributed by atoms with Gasteiger partial charge in [0.2, 0.25) is 10.0 Å². The Kier molecular flexibility index (Phi) is 4.33. The lowest BCUT2D eigenvalue weighted by molar-refractivity contribution is 0.441. The van der Waals surface area contributed by atoms with Gasteiger partial charge in [0, 0.05) is 19.1 Å². The fourth-order valence-electron chi connectivity index (χ4n) is 3.26. The highest BCUT2D eigenvalue weighted by atomic mass is 32.2. The van der Waals surface area contributed by atoms with Crippen LogP contribution in [0.1, 0.15) is 25.3 Å². The van der Waals surface area contributed by atoms with E-state index in [0.717, 1.165) is 36.0 Å². The van der Waals surface area contributed by atoms with E-state index in [0.29, 0.717) is 12.6 Å². The second kappa shape index (κ2) is 6.13. The molecule has 2 atom stereocenters. The highest BCUT2D eigenvalue weighted by Gasteiger charge is 2.35. The van der Waals surface area contributed by atoms with Gasteiger partial charge in [-0.15, -0.1) is 0 Å². The Morgan fingerprint density at radius 3 is 2.87 bits per heavy atom. The van der Waals surface area contributed by atoms with Gasteiger partial charge in [-0.05, 0) is 37.0 Å². The van der Waals surface area contributed by atoms with E-state index in [2.05, 4.69) is 16.6 Å². The van der Waals surface area contributed by atoms with Crippen molar-refractivity contribution in [2.75, 3.05) is 24.2 Å². The van der Waals surface area contributed by atoms with Gasteiger partial charge >= 0.3 is 0 Å². The van der Waals surface area contributed by atoms with Crippen molar-refractivity contribution in [3.63, 3.8) is 0 Å². The average Bonchev–Trinajstić information content (AvgIpc) is 3.01. The van der Waals surface area contributed by atoms with Gasteiger partial charge in [0.25, 0.3) is 6.01 Å². The van der Waals surface area contributed by atoms with Crippen LogP contribution in [0.3, 0.4) is 0 Å². The molecular formula is C16H23N3O3S. The van der Waals surface area contributed by atoms with Gasteiger partial charge in [-0.3, -0.25) is 0 Å². The molecule has 126 valence electrons. The van der Waals surface area contributed by atoms with E-state index in [1.54, 1.807) is 0 Å². The number of aromatic nitrogens is 1. The summed E-state index contributed by atoms with van der Waals surface area (Å²) in [5.74, 6) is 0.270. The lowest BCUT2D eigenvalue weighted by atomic mass is 9.99. The number of hydrogen-bond acceptors (Lipinski definition) is 5. The molecule has 1 aliphatic heterocycles. The number of oxazole rings is 1. The zero-order valence-electron chi connectivity index (χ0n) is 13.7. The molecule has 7 heteroatoms. The summed E-state index contributed by atoms with van der Waals surface area (Å²) < 4.78 is 31.8. The topological polar surface area (TPSA) is 75.4 Å². The summed E-state index contributed by atoms with van der Waals surface area (Å²) in [7, 11) is -3.22. The van der Waals surface area contributed by atoms with Crippen LogP contribution >= 0.6 is 0 Å². The lowest BCUT2D eigenvalue weighted by Gasteiger charge is -2.17. The molecule has 0 radical (unpaired) electrons. The summed E-state index contributed by atoms with van der Waals surface area (Å²) in [6.07, 6.45) is 3.21. The van der Waals surface area contributed by atoms with Crippen LogP contribution < -0.4 is 9.62 Å². The number of fused-ring (bicyclic) bond motifs is 1. The number of benzene rings is 1. The SMILES string of the molecule is CCC[C@@H]1CN(c2nc3cc(C)ccc3o2)C[C@H]1NS(C)(=O)=O. The zero-order valence-corrected chi connectivity index (χ0v) is 14.6. The molecule has 0 amide bonds. The van der Waals surface area contributed by atoms with Crippen molar-refractivity contribution in [1.82, 2.24) is 9.71 Å². The first-order chi connectivity index (χ1) is 10.9. The number of nitrogens with zero attached hydrogens (tertiary/aromatic N) is 2. The van der Waals surface area contributed by atoms with E-state index in [1.807, 2.05) is 30.0 Å². The summed E-state index contributed by atoms with van der Waals surface area (Å²) in [5.41, 5.74) is 2.74. The Balaban J connectivity index is 1.84. The smallest absolute Gasteiger partial charge is 0.298 e. The summed E-state index contributed by atoms with van der Waals surface area (Å²) in [6, 6.07) is 6.39. The number of sulfonamides is 1. The van der Waals surface area contributed by atoms with Crippen LogP contribution in [-0.2, 0) is 10.0 Å². The molecule has 1 saturated heterocycles. The molecule has 23 heavy (non-hydrogen) atoms. The van der Waals surface area contributed by atoms with Gasteiger partial charge in [0.05, 0.1) is 6.26 Å². The van der Waals surface area contributed by atoms with Crippen molar-refractivity contribution in [3.8, 4) is 0 Å². The van der Waals surface area contributed by atoms with Crippen molar-refractivity contribution in [2.45, 2.75) is 32.7 Å². The van der Waals surface area contributed by atoms with E-state index in [-0.39, 0.29) is 12.0 Å². The molecule has 3 rings (SSSR count). The van der Waals surface area contributed by atoms with E-state index in [9.17, 15) is 8.42 Å². The van der Waals surface area contributed by atoms with Crippen molar-refractivity contribution in [3.05, 3.63) is 23.8 Å². The minimum absolute atomic E-state index is 0.0956. The maximum Gasteiger partial charge on any atom is 0.298 e. The zero-order chi connectivity index (χ0) is 16.6. The monoisotopic (exact) mass is 337 g/mol. The fraction of sp³-hybridized carbons (Fsp3) is 0.562. The van der Waals surface area contributed by atoms with Gasteiger partial charge in [-0.1, -0.05) is 19.4 Å². The van der Waals surface area contributed by atoms with Crippen LogP contribution in [-0.4, -0.2) is 38.8 Å². The molecule has 0 saturated carbocycles. The van der Waals surface area contributed by atoms with Gasteiger partial charge < -0.3 is 9.32 Å². The molecular weight excluding hydrogens is 314 g/mol. The van der Waals surface area contributed by atoms with Crippen LogP contribution in [0.2, 0.25) is 0 Å². The third-order valence-electron chi connectivity index (χ3n) is 4.27. The Morgan fingerprint density at radius 1 is 1.39 bits per heavy atom. The normalized spacial score (nSPS) is 22.1. The Labute approximate surface area is 136 Å². The van der Waals surface area contributed by atoms with E-state index in [4.69, 9.17) is 4.42 Å². The molecule has 0 unspecified atom stereocenters. The van der Waals surface area contributed by atoms with Gasteiger partial charge in [-0.2, -0.15) is 4.98 Å². The van der Waals surface area contributed by atoms with Crippen molar-refractivity contribution in [2.24, 2.45) is 5.92 Å². The third-order valence-corrected chi connectivity index (χ3v) is 5.00. The minimum atomic E-state index is -3.22. The maximum atomic E-state index is 11.6. The molecule has 1 N–H and O–H groups in total. The fourth-order valence-corrected chi connectivity index (χ4v) is 4.08. The second-order valence-electron chi connectivity index (χ2n) is 6.42. The summed E-state index contributed by atoms with van der Waals surface area (Å²) in [4.78, 5) is 6.60. The number of aryl methyl sites for hydroxylation is 1. The van der Waals surface area contributed by atoms with Crippen LogP contribution in [0.15, 0.2) is 22.6 Å². The molecule has 2 heterocycles. The first kappa shape index (κ1) is 16.3. The van der Waals surface area contributed by atoms with Crippen LogP contribution in [0.4, 0.5) is 6.01 Å². The average molecular weight is 337 g/mol. The minimum Gasteiger partial charge on any atom is -0.423 e. The van der Waals surface area contributed by atoms with Crippen LogP contribution in [0.25, 0.3) is 11.1 Å². The van der Waals surface area contributed by atoms with E-state index in [1.165, 1.54) is 6.26 Å². The summed E-state index contributed by atoms with van der Waals surface area (Å²) >= 11 is 0. The molecule has 0 bridgehead atoms. The molecule has 1 fully saturated rings. The first-order valence-electron chi connectivity index (χ1n) is 7.95. The predicted octanol–water partition coefficient (Wildman–Crippen LogP) is 2.29. The Morgan fingerprint density at radius 2 is 2.17 bits per heavy atom. The third kappa shape index (κ3) is 3.67. The molecule has 0 aliphatic carbocycles. The molecule has 1 aromatic carbocycles. The summed E-state index contributed by atoms with van der Waals surface area (Å²) in [6.45, 7) is 5.48. The van der Waals surface area contributed by atoms with Crippen molar-refractivity contribution < 1.29 is 12.8 Å². The predicted molar refractivity (Wildman–Crippen MR) is 91.1 cm³/mol. The second-order valence-corrected chi connectivity index (χ2v) is 8.20. The standard InChI is InChI=1S/C16H23N3O3S/c1-4-5-12-9-19(10-14(12)18-23(3,20)21)16-17-13-8-11(2)6-7-15(13)22-16/h6-8,12,14,18H,4-5,9-10H2,1-3H3/t12-,14-/m1/s1. The number of anilines is 1. The van der Waals surface area contributed by atoms with E-state index < -0.39 is 10.0 Å².